The fraction of sp³-hybridized carbons (Fsp3) is 0.448. The van der Waals surface area contributed by atoms with E-state index in [2.05, 4.69) is 21.1 Å². The molecule has 3 aromatic rings. The van der Waals surface area contributed by atoms with Crippen molar-refractivity contribution in [1.29, 1.82) is 0 Å². The van der Waals surface area contributed by atoms with E-state index in [1.165, 1.54) is 12.1 Å². The van der Waals surface area contributed by atoms with Gasteiger partial charge in [-0.15, -0.1) is 0 Å². The van der Waals surface area contributed by atoms with Crippen molar-refractivity contribution >= 4 is 27.3 Å². The molecule has 0 bridgehead atoms. The Kier molecular flexibility index (Phi) is 10.4. The standard InChI is InChI=1S/C29H38FN5O5S/c1-3-21-15-23(40-34-21)18-31-19-27(36)25(14-20-10-6-5-7-11-20)33-29(37)24-16-22(32-4-2)17-26(28(24)30)35-12-8-9-13-41(35,38)39/h5-7,10-11,15-17,25,27,31-32,36H,3-4,8-9,12-14,18-19H2,1-2H3,(H,33,37)/t25-,27+/m0/s1. The lowest BCUT2D eigenvalue weighted by Crippen LogP contribution is -2.49. The zero-order valence-corrected chi connectivity index (χ0v) is 24.2. The molecule has 0 spiro atoms. The molecule has 2 heterocycles. The van der Waals surface area contributed by atoms with Crippen LogP contribution in [0.2, 0.25) is 0 Å². The Morgan fingerprint density at radius 1 is 1.17 bits per heavy atom. The topological polar surface area (TPSA) is 137 Å². The molecule has 10 nitrogen and oxygen atoms in total. The van der Waals surface area contributed by atoms with E-state index in [4.69, 9.17) is 4.52 Å². The lowest BCUT2D eigenvalue weighted by molar-refractivity contribution is 0.0825. The van der Waals surface area contributed by atoms with Crippen molar-refractivity contribution in [2.24, 2.45) is 0 Å². The summed E-state index contributed by atoms with van der Waals surface area (Å²) in [5.74, 6) is -1.12. The number of aliphatic hydroxyl groups excluding tert-OH is 1. The molecule has 4 rings (SSSR count). The van der Waals surface area contributed by atoms with Crippen molar-refractivity contribution in [1.82, 2.24) is 15.8 Å². The van der Waals surface area contributed by atoms with E-state index in [0.29, 0.717) is 43.8 Å². The van der Waals surface area contributed by atoms with Gasteiger partial charge in [0.2, 0.25) is 10.0 Å². The number of anilines is 2. The van der Waals surface area contributed by atoms with Gasteiger partial charge in [0.1, 0.15) is 0 Å². The van der Waals surface area contributed by atoms with Gasteiger partial charge in [0.25, 0.3) is 5.91 Å². The Bertz CT molecular complexity index is 1420. The summed E-state index contributed by atoms with van der Waals surface area (Å²) in [6.07, 6.45) is 1.10. The molecule has 1 amide bonds. The van der Waals surface area contributed by atoms with Gasteiger partial charge in [0.05, 0.1) is 41.4 Å². The Hall–Kier alpha value is -3.48. The number of carbonyl (C=O) groups is 1. The van der Waals surface area contributed by atoms with Gasteiger partial charge in [-0.05, 0) is 50.3 Å². The molecule has 222 valence electrons. The fourth-order valence-corrected chi connectivity index (χ4v) is 6.44. The molecule has 12 heteroatoms. The summed E-state index contributed by atoms with van der Waals surface area (Å²) in [7, 11) is -3.71. The number of carbonyl (C=O) groups excluding carboxylic acids is 1. The summed E-state index contributed by atoms with van der Waals surface area (Å²) in [5, 5.41) is 24.1. The third-order valence-electron chi connectivity index (χ3n) is 7.00. The first-order valence-electron chi connectivity index (χ1n) is 14.0. The maximum atomic E-state index is 15.9. The number of aryl methyl sites for hydroxylation is 1. The van der Waals surface area contributed by atoms with Crippen LogP contribution in [0, 0.1) is 5.82 Å². The van der Waals surface area contributed by atoms with Gasteiger partial charge < -0.3 is 25.6 Å². The number of rotatable bonds is 13. The Morgan fingerprint density at radius 3 is 2.63 bits per heavy atom. The van der Waals surface area contributed by atoms with Crippen LogP contribution in [-0.4, -0.2) is 62.1 Å². The summed E-state index contributed by atoms with van der Waals surface area (Å²) < 4.78 is 47.7. The van der Waals surface area contributed by atoms with Crippen LogP contribution in [0.5, 0.6) is 0 Å². The zero-order valence-electron chi connectivity index (χ0n) is 23.4. The van der Waals surface area contributed by atoms with Crippen LogP contribution in [0.3, 0.4) is 0 Å². The van der Waals surface area contributed by atoms with E-state index in [9.17, 15) is 18.3 Å². The fourth-order valence-electron chi connectivity index (χ4n) is 4.81. The number of hydrogen-bond donors (Lipinski definition) is 4. The normalized spacial score (nSPS) is 16.2. The highest BCUT2D eigenvalue weighted by atomic mass is 32.2. The molecule has 0 saturated carbocycles. The average molecular weight is 588 g/mol. The first-order chi connectivity index (χ1) is 19.7. The first kappa shape index (κ1) is 30.5. The minimum absolute atomic E-state index is 0.0778. The third-order valence-corrected chi connectivity index (χ3v) is 8.85. The van der Waals surface area contributed by atoms with Crippen LogP contribution < -0.4 is 20.3 Å². The summed E-state index contributed by atoms with van der Waals surface area (Å²) in [6.45, 7) is 4.91. The molecule has 0 radical (unpaired) electrons. The lowest BCUT2D eigenvalue weighted by Gasteiger charge is -2.30. The number of halogens is 1. The molecule has 1 aromatic heterocycles. The van der Waals surface area contributed by atoms with Crippen LogP contribution >= 0.6 is 0 Å². The van der Waals surface area contributed by atoms with Gasteiger partial charge in [-0.25, -0.2) is 12.8 Å². The van der Waals surface area contributed by atoms with Crippen LogP contribution in [0.4, 0.5) is 15.8 Å². The first-order valence-corrected chi connectivity index (χ1v) is 15.6. The second kappa shape index (κ2) is 13.9. The monoisotopic (exact) mass is 587 g/mol. The number of amides is 1. The summed E-state index contributed by atoms with van der Waals surface area (Å²) in [6, 6.07) is 13.2. The smallest absolute Gasteiger partial charge is 0.254 e. The number of nitrogens with zero attached hydrogens (tertiary/aromatic N) is 2. The quantitative estimate of drug-likeness (QED) is 0.239. The van der Waals surface area contributed by atoms with Crippen molar-refractivity contribution < 1.29 is 27.2 Å². The highest BCUT2D eigenvalue weighted by Crippen LogP contribution is 2.32. The molecule has 1 aliphatic rings. The van der Waals surface area contributed by atoms with E-state index >= 15 is 4.39 Å². The SMILES string of the molecule is CCNc1cc(C(=O)N[C@@H](Cc2ccccc2)[C@H](O)CNCc2cc(CC)no2)c(F)c(N2CCCCS2(=O)=O)c1. The second-order valence-electron chi connectivity index (χ2n) is 10.1. The number of hydrogen-bond acceptors (Lipinski definition) is 8. The van der Waals surface area contributed by atoms with Crippen molar-refractivity contribution in [3.8, 4) is 0 Å². The molecule has 4 N–H and O–H groups in total. The minimum atomic E-state index is -3.71. The van der Waals surface area contributed by atoms with Crippen molar-refractivity contribution in [2.45, 2.75) is 58.2 Å². The number of nitrogens with one attached hydrogen (secondary N) is 3. The molecule has 1 saturated heterocycles. The third kappa shape index (κ3) is 7.84. The van der Waals surface area contributed by atoms with Crippen LogP contribution in [0.25, 0.3) is 0 Å². The maximum absolute atomic E-state index is 15.9. The molecule has 0 unspecified atom stereocenters. The van der Waals surface area contributed by atoms with E-state index in [1.54, 1.807) is 0 Å². The molecular weight excluding hydrogens is 549 g/mol. The van der Waals surface area contributed by atoms with Gasteiger partial charge in [-0.2, -0.15) is 0 Å². The highest BCUT2D eigenvalue weighted by molar-refractivity contribution is 7.92. The zero-order chi connectivity index (χ0) is 29.4. The van der Waals surface area contributed by atoms with Gasteiger partial charge >= 0.3 is 0 Å². The van der Waals surface area contributed by atoms with Crippen LogP contribution in [-0.2, 0) is 29.4 Å². The van der Waals surface area contributed by atoms with Crippen molar-refractivity contribution in [3.05, 3.63) is 76.9 Å². The molecule has 0 aliphatic carbocycles. The van der Waals surface area contributed by atoms with E-state index in [1.807, 2.05) is 50.2 Å². The van der Waals surface area contributed by atoms with Crippen molar-refractivity contribution in [3.63, 3.8) is 0 Å². The molecule has 1 aliphatic heterocycles. The van der Waals surface area contributed by atoms with Gasteiger partial charge in [-0.1, -0.05) is 42.4 Å². The Morgan fingerprint density at radius 2 is 1.95 bits per heavy atom. The maximum Gasteiger partial charge on any atom is 0.254 e. The predicted octanol–water partition coefficient (Wildman–Crippen LogP) is 3.23. The van der Waals surface area contributed by atoms with Gasteiger partial charge in [-0.3, -0.25) is 9.10 Å². The van der Waals surface area contributed by atoms with Crippen LogP contribution in [0.1, 0.15) is 54.1 Å². The van der Waals surface area contributed by atoms with E-state index < -0.39 is 33.9 Å². The molecule has 1 fully saturated rings. The number of sulfonamides is 1. The molecule has 2 aromatic carbocycles. The van der Waals surface area contributed by atoms with Gasteiger partial charge in [0, 0.05) is 31.4 Å². The Balaban J connectivity index is 1.57. The van der Waals surface area contributed by atoms with Crippen molar-refractivity contribution in [2.75, 3.05) is 35.0 Å². The number of aliphatic hydroxyl groups is 1. The predicted molar refractivity (Wildman–Crippen MR) is 156 cm³/mol. The van der Waals surface area contributed by atoms with E-state index in [-0.39, 0.29) is 30.1 Å². The lowest BCUT2D eigenvalue weighted by atomic mass is 10.00. The number of benzene rings is 2. The summed E-state index contributed by atoms with van der Waals surface area (Å²) >= 11 is 0. The number of aromatic nitrogens is 1. The highest BCUT2D eigenvalue weighted by Gasteiger charge is 2.31. The summed E-state index contributed by atoms with van der Waals surface area (Å²) in [4.78, 5) is 13.6. The molecular formula is C29H38FN5O5S. The average Bonchev–Trinajstić information content (AvgIpc) is 3.42. The van der Waals surface area contributed by atoms with Crippen LogP contribution in [0.15, 0.2) is 53.1 Å². The minimum Gasteiger partial charge on any atom is -0.390 e. The second-order valence-corrected chi connectivity index (χ2v) is 12.1. The van der Waals surface area contributed by atoms with E-state index in [0.717, 1.165) is 22.0 Å². The molecule has 41 heavy (non-hydrogen) atoms. The Labute approximate surface area is 240 Å². The van der Waals surface area contributed by atoms with Gasteiger partial charge in [0.15, 0.2) is 11.6 Å². The summed E-state index contributed by atoms with van der Waals surface area (Å²) in [5.41, 5.74) is 1.67. The largest absolute Gasteiger partial charge is 0.390 e. The molecule has 2 atom stereocenters.